The van der Waals surface area contributed by atoms with Gasteiger partial charge in [0, 0.05) is 42.7 Å². The van der Waals surface area contributed by atoms with Crippen molar-refractivity contribution in [3.05, 3.63) is 146 Å². The average Bonchev–Trinajstić information content (AvgIpc) is 3.51. The number of hydrogen-bond donors (Lipinski definition) is 0. The van der Waals surface area contributed by atoms with Gasteiger partial charge < -0.3 is 0 Å². The van der Waals surface area contributed by atoms with Crippen LogP contribution in [0.2, 0.25) is 0 Å². The van der Waals surface area contributed by atoms with Crippen molar-refractivity contribution in [1.29, 1.82) is 0 Å². The molecule has 0 aliphatic heterocycles. The maximum Gasteiger partial charge on any atom is 0.160 e. The van der Waals surface area contributed by atoms with Crippen molar-refractivity contribution in [2.24, 2.45) is 0 Å². The molecule has 0 aliphatic rings. The van der Waals surface area contributed by atoms with Crippen molar-refractivity contribution in [2.75, 3.05) is 0 Å². The van der Waals surface area contributed by atoms with Crippen LogP contribution in [0, 0.1) is 0 Å². The Labute approximate surface area is 262 Å². The van der Waals surface area contributed by atoms with E-state index in [1.807, 2.05) is 17.5 Å². The molecule has 0 bridgehead atoms. The van der Waals surface area contributed by atoms with Gasteiger partial charge in [-0.3, -0.25) is 0 Å². The maximum atomic E-state index is 5.26. The molecule has 0 radical (unpaired) electrons. The first kappa shape index (κ1) is 24.8. The van der Waals surface area contributed by atoms with Gasteiger partial charge in [-0.05, 0) is 61.0 Å². The zero-order valence-corrected chi connectivity index (χ0v) is 25.0. The molecule has 45 heavy (non-hydrogen) atoms. The van der Waals surface area contributed by atoms with E-state index < -0.39 is 0 Å². The first-order valence-corrected chi connectivity index (χ1v) is 16.1. The molecule has 2 nitrogen and oxygen atoms in total. The third-order valence-electron chi connectivity index (χ3n) is 9.29. The van der Waals surface area contributed by atoms with E-state index >= 15 is 0 Å². The number of benzene rings is 8. The summed E-state index contributed by atoms with van der Waals surface area (Å²) in [5, 5.41) is 13.5. The molecule has 2 aromatic heterocycles. The molecule has 10 rings (SSSR count). The van der Waals surface area contributed by atoms with E-state index in [9.17, 15) is 0 Å². The van der Waals surface area contributed by atoms with Crippen LogP contribution in [0.1, 0.15) is 0 Å². The van der Waals surface area contributed by atoms with Gasteiger partial charge in [0.15, 0.2) is 5.82 Å². The monoisotopic (exact) mass is 588 g/mol. The van der Waals surface area contributed by atoms with Crippen LogP contribution in [0.3, 0.4) is 0 Å². The molecule has 0 saturated carbocycles. The molecule has 0 N–H and O–H groups in total. The number of hydrogen-bond acceptors (Lipinski definition) is 3. The smallest absolute Gasteiger partial charge is 0.160 e. The summed E-state index contributed by atoms with van der Waals surface area (Å²) in [6, 6.07) is 50.2. The molecule has 0 unspecified atom stereocenters. The van der Waals surface area contributed by atoms with Crippen LogP contribution in [0.15, 0.2) is 146 Å². The average molecular weight is 589 g/mol. The van der Waals surface area contributed by atoms with Crippen LogP contribution in [0.4, 0.5) is 0 Å². The maximum absolute atomic E-state index is 5.26. The second kappa shape index (κ2) is 9.43. The van der Waals surface area contributed by atoms with Crippen LogP contribution >= 0.6 is 11.3 Å². The van der Waals surface area contributed by atoms with Crippen LogP contribution in [0.5, 0.6) is 0 Å². The van der Waals surface area contributed by atoms with E-state index in [1.165, 1.54) is 74.4 Å². The zero-order chi connectivity index (χ0) is 29.5. The molecule has 2 heterocycles. The number of nitrogens with zero attached hydrogens (tertiary/aromatic N) is 2. The van der Waals surface area contributed by atoms with Crippen molar-refractivity contribution in [3.8, 4) is 22.5 Å². The molecule has 0 spiro atoms. The summed E-state index contributed by atoms with van der Waals surface area (Å²) in [5.74, 6) is 0.756. The van der Waals surface area contributed by atoms with Crippen molar-refractivity contribution < 1.29 is 0 Å². The van der Waals surface area contributed by atoms with Gasteiger partial charge in [0.05, 0.1) is 5.52 Å². The summed E-state index contributed by atoms with van der Waals surface area (Å²) in [4.78, 5) is 10.3. The Morgan fingerprint density at radius 2 is 1.09 bits per heavy atom. The molecule has 0 amide bonds. The van der Waals surface area contributed by atoms with Gasteiger partial charge in [0.1, 0.15) is 0 Å². The Kier molecular flexibility index (Phi) is 5.19. The number of fused-ring (bicyclic) bond motifs is 13. The van der Waals surface area contributed by atoms with Crippen LogP contribution < -0.4 is 0 Å². The minimum Gasteiger partial charge on any atom is -0.236 e. The minimum atomic E-state index is 0.756. The van der Waals surface area contributed by atoms with E-state index in [4.69, 9.17) is 9.97 Å². The molecule has 0 saturated heterocycles. The van der Waals surface area contributed by atoms with Gasteiger partial charge in [0.25, 0.3) is 0 Å². The summed E-state index contributed by atoms with van der Waals surface area (Å²) in [5.41, 5.74) is 4.51. The lowest BCUT2D eigenvalue weighted by Crippen LogP contribution is -1.93. The van der Waals surface area contributed by atoms with Crippen LogP contribution in [-0.4, -0.2) is 9.97 Å². The van der Waals surface area contributed by atoms with Crippen molar-refractivity contribution in [1.82, 2.24) is 9.97 Å². The van der Waals surface area contributed by atoms with E-state index in [-0.39, 0.29) is 0 Å². The summed E-state index contributed by atoms with van der Waals surface area (Å²) < 4.78 is 2.57. The largest absolute Gasteiger partial charge is 0.236 e. The summed E-state index contributed by atoms with van der Waals surface area (Å²) in [7, 11) is 0. The van der Waals surface area contributed by atoms with E-state index in [0.717, 1.165) is 22.3 Å². The van der Waals surface area contributed by atoms with E-state index in [1.54, 1.807) is 0 Å². The van der Waals surface area contributed by atoms with Gasteiger partial charge >= 0.3 is 0 Å². The molecular formula is C42H24N2S. The Morgan fingerprint density at radius 1 is 0.422 bits per heavy atom. The topological polar surface area (TPSA) is 25.8 Å². The second-order valence-corrected chi connectivity index (χ2v) is 12.7. The summed E-state index contributed by atoms with van der Waals surface area (Å²) in [6.07, 6.45) is 2.01. The molecule has 10 aromatic rings. The van der Waals surface area contributed by atoms with Gasteiger partial charge in [-0.25, -0.2) is 9.97 Å². The Hall–Kier alpha value is -5.64. The third-order valence-corrected chi connectivity index (χ3v) is 10.5. The first-order valence-electron chi connectivity index (χ1n) is 15.3. The Morgan fingerprint density at radius 3 is 1.91 bits per heavy atom. The molecule has 3 heteroatoms. The normalized spacial score (nSPS) is 12.0. The van der Waals surface area contributed by atoms with Crippen molar-refractivity contribution in [2.45, 2.75) is 0 Å². The van der Waals surface area contributed by atoms with Gasteiger partial charge in [0.2, 0.25) is 0 Å². The lowest BCUT2D eigenvalue weighted by molar-refractivity contribution is 1.24. The predicted octanol–water partition coefficient (Wildman–Crippen LogP) is 11.9. The molecule has 0 fully saturated rings. The van der Waals surface area contributed by atoms with Crippen molar-refractivity contribution >= 4 is 85.5 Å². The zero-order valence-electron chi connectivity index (χ0n) is 24.2. The van der Waals surface area contributed by atoms with Crippen LogP contribution in [-0.2, 0) is 0 Å². The Bertz CT molecular complexity index is 2810. The molecule has 0 aliphatic carbocycles. The third kappa shape index (κ3) is 3.56. The Balaban J connectivity index is 1.41. The van der Waals surface area contributed by atoms with Gasteiger partial charge in [-0.1, -0.05) is 127 Å². The van der Waals surface area contributed by atoms with Crippen LogP contribution in [0.25, 0.3) is 96.7 Å². The fourth-order valence-electron chi connectivity index (χ4n) is 7.28. The number of aromatic nitrogens is 2. The van der Waals surface area contributed by atoms with Crippen molar-refractivity contribution in [3.63, 3.8) is 0 Å². The summed E-state index contributed by atoms with van der Waals surface area (Å²) in [6.45, 7) is 0. The molecule has 8 aromatic carbocycles. The lowest BCUT2D eigenvalue weighted by atomic mass is 9.91. The van der Waals surface area contributed by atoms with Gasteiger partial charge in [-0.15, -0.1) is 11.3 Å². The molecule has 208 valence electrons. The lowest BCUT2D eigenvalue weighted by Gasteiger charge is -2.14. The highest BCUT2D eigenvalue weighted by Crippen LogP contribution is 2.49. The first-order chi connectivity index (χ1) is 22.3. The SMILES string of the molecule is c1ccc(-c2cccc3c2sc2c3c(-c3ncc4c(ccc5ccccc54)n3)cc3c4ccccc4c4ccccc4c32)cc1. The molecule has 0 atom stereocenters. The fourth-order valence-corrected chi connectivity index (χ4v) is 8.70. The highest BCUT2D eigenvalue weighted by atomic mass is 32.1. The van der Waals surface area contributed by atoms with Gasteiger partial charge in [-0.2, -0.15) is 0 Å². The predicted molar refractivity (Wildman–Crippen MR) is 193 cm³/mol. The standard InChI is InChI=1S/C42H24N2S/c1-2-11-25(12-3-1)28-19-10-20-33-39-35(42-43-24-36-27-14-5-4-13-26(27)21-22-37(36)44-42)23-34-31-17-7-6-15-29(31)30-16-8-9-18-32(30)38(34)41(39)45-40(28)33/h1-24H. The number of rotatable bonds is 2. The van der Waals surface area contributed by atoms with E-state index in [2.05, 4.69) is 140 Å². The highest BCUT2D eigenvalue weighted by Gasteiger charge is 2.21. The quantitative estimate of drug-likeness (QED) is 0.188. The highest BCUT2D eigenvalue weighted by molar-refractivity contribution is 7.27. The number of thiophene rings is 1. The minimum absolute atomic E-state index is 0.756. The summed E-state index contributed by atoms with van der Waals surface area (Å²) >= 11 is 1.89. The van der Waals surface area contributed by atoms with E-state index in [0.29, 0.717) is 0 Å². The molecular weight excluding hydrogens is 565 g/mol. The fraction of sp³-hybridized carbons (Fsp3) is 0. The second-order valence-electron chi connectivity index (χ2n) is 11.7.